The lowest BCUT2D eigenvalue weighted by Crippen LogP contribution is -2.13. The number of nitrogens with zero attached hydrogens (tertiary/aromatic N) is 1. The molecule has 0 aromatic carbocycles. The Hall–Kier alpha value is -0.360. The van der Waals surface area contributed by atoms with Gasteiger partial charge in [-0.2, -0.15) is 0 Å². The molecule has 0 amide bonds. The van der Waals surface area contributed by atoms with Gasteiger partial charge in [-0.15, -0.1) is 9.54 Å². The Morgan fingerprint density at radius 3 is 2.25 bits per heavy atom. The summed E-state index contributed by atoms with van der Waals surface area (Å²) in [6.07, 6.45) is 0. The van der Waals surface area contributed by atoms with Crippen molar-refractivity contribution in [1.29, 1.82) is 0 Å². The van der Waals surface area contributed by atoms with E-state index in [4.69, 9.17) is 0 Å². The Morgan fingerprint density at radius 2 is 2.12 bits per heavy atom. The third kappa shape index (κ3) is 0.896. The van der Waals surface area contributed by atoms with Gasteiger partial charge < -0.3 is 0 Å². The Kier molecular flexibility index (Phi) is 1.35. The molecule has 0 bridgehead atoms. The molecule has 1 rings (SSSR count). The molecule has 1 heterocycles. The van der Waals surface area contributed by atoms with Gasteiger partial charge in [-0.05, 0) is 6.92 Å². The molecule has 0 saturated heterocycles. The van der Waals surface area contributed by atoms with Crippen molar-refractivity contribution in [2.45, 2.75) is 13.8 Å². The maximum Gasteiger partial charge on any atom is 0.209 e. The maximum atomic E-state index is 3.17. The molecule has 8 heavy (non-hydrogen) atoms. The van der Waals surface area contributed by atoms with E-state index in [1.165, 1.54) is 19.3 Å². The number of nitrogens with one attached hydrogen (secondary N) is 1. The van der Waals surface area contributed by atoms with E-state index in [-0.39, 0.29) is 0 Å². The number of rotatable bonds is 0. The fraction of sp³-hybridized carbons (Fsp3) is 0.600. The van der Waals surface area contributed by atoms with Crippen LogP contribution in [0.5, 0.6) is 0 Å². The minimum absolute atomic E-state index is 1.28. The summed E-state index contributed by atoms with van der Waals surface area (Å²) < 4.78 is 2.05. The van der Waals surface area contributed by atoms with E-state index in [1.807, 2.05) is 11.5 Å². The van der Waals surface area contributed by atoms with E-state index in [0.717, 1.165) is 0 Å². The van der Waals surface area contributed by atoms with Gasteiger partial charge in [-0.3, -0.25) is 0 Å². The first-order valence-corrected chi connectivity index (χ1v) is 3.44. The number of aromatic amines is 1. The predicted octanol–water partition coefficient (Wildman–Crippen LogP) is 1.04. The molecule has 0 spiro atoms. The molecule has 1 aromatic rings. The van der Waals surface area contributed by atoms with Gasteiger partial charge in [0, 0.05) is 6.92 Å². The highest BCUT2D eigenvalue weighted by Crippen LogP contribution is 2.10. The van der Waals surface area contributed by atoms with Crippen LogP contribution in [-0.4, -0.2) is 4.44 Å². The first kappa shape index (κ1) is 5.77. The highest BCUT2D eigenvalue weighted by Gasteiger charge is 2.01. The van der Waals surface area contributed by atoms with Crippen LogP contribution >= 0.6 is 8.35 Å². The Bertz CT molecular complexity index is 173. The van der Waals surface area contributed by atoms with Crippen molar-refractivity contribution in [3.05, 3.63) is 11.0 Å². The monoisotopic (exact) mass is 129 g/mol. The molecule has 1 N–H and O–H groups in total. The minimum Gasteiger partial charge on any atom is -0.142 e. The van der Waals surface area contributed by atoms with Crippen molar-refractivity contribution >= 4 is 8.35 Å². The third-order valence-electron chi connectivity index (χ3n) is 1.17. The van der Waals surface area contributed by atoms with E-state index in [2.05, 4.69) is 18.9 Å². The standard InChI is InChI=1S/C5H9N2P/c1-4-5(2)8-7(3)6-4/h1-3H3/p+1. The van der Waals surface area contributed by atoms with Gasteiger partial charge in [-0.1, -0.05) is 0 Å². The minimum atomic E-state index is 1.28. The summed E-state index contributed by atoms with van der Waals surface area (Å²) in [6.45, 7) is 4.22. The van der Waals surface area contributed by atoms with Crippen LogP contribution in [0, 0.1) is 13.8 Å². The average Bonchev–Trinajstić information content (AvgIpc) is 1.85. The fourth-order valence-electron chi connectivity index (χ4n) is 0.649. The molecular formula is C5H10N2P+. The summed E-state index contributed by atoms with van der Waals surface area (Å²) >= 11 is 0. The number of hydrogen-bond donors (Lipinski definition) is 0. The summed E-state index contributed by atoms with van der Waals surface area (Å²) in [5, 5.41) is 4.58. The predicted molar refractivity (Wildman–Crippen MR) is 34.0 cm³/mol. The lowest BCUT2D eigenvalue weighted by atomic mass is 10.4. The molecule has 44 valence electrons. The van der Waals surface area contributed by atoms with Crippen LogP contribution in [0.15, 0.2) is 0 Å². The molecule has 0 aliphatic rings. The molecule has 1 aromatic heterocycles. The third-order valence-corrected chi connectivity index (χ3v) is 2.21. The second kappa shape index (κ2) is 1.87. The van der Waals surface area contributed by atoms with E-state index in [9.17, 15) is 0 Å². The summed E-state index contributed by atoms with van der Waals surface area (Å²) in [5.74, 6) is 0. The molecule has 0 unspecified atom stereocenters. The molecule has 0 radical (unpaired) electrons. The Labute approximate surface area is 50.7 Å². The SMILES string of the molecule is Cc1[nH+]n(C)pc1C. The molecular weight excluding hydrogens is 119 g/mol. The molecule has 2 nitrogen and oxygen atoms in total. The van der Waals surface area contributed by atoms with Crippen LogP contribution in [0.25, 0.3) is 0 Å². The maximum absolute atomic E-state index is 3.17. The van der Waals surface area contributed by atoms with Gasteiger partial charge in [0.05, 0.1) is 20.7 Å². The van der Waals surface area contributed by atoms with E-state index < -0.39 is 0 Å². The summed E-state index contributed by atoms with van der Waals surface area (Å²) in [4.78, 5) is 0. The van der Waals surface area contributed by atoms with Crippen molar-refractivity contribution in [3.63, 3.8) is 0 Å². The van der Waals surface area contributed by atoms with Crippen molar-refractivity contribution in [1.82, 2.24) is 4.44 Å². The zero-order valence-corrected chi connectivity index (χ0v) is 6.29. The molecule has 3 heteroatoms. The number of aromatic nitrogens is 2. The van der Waals surface area contributed by atoms with Crippen LogP contribution in [-0.2, 0) is 7.05 Å². The summed E-state index contributed by atoms with van der Waals surface area (Å²) in [7, 11) is 3.31. The normalized spacial score (nSPS) is 10.9. The first-order valence-electron chi connectivity index (χ1n) is 2.59. The lowest BCUT2D eigenvalue weighted by molar-refractivity contribution is -0.485. The van der Waals surface area contributed by atoms with Gasteiger partial charge in [0.15, 0.2) is 0 Å². The van der Waals surface area contributed by atoms with Gasteiger partial charge in [0.1, 0.15) is 0 Å². The quantitative estimate of drug-likeness (QED) is 0.498. The lowest BCUT2D eigenvalue weighted by Gasteiger charge is -1.70. The summed E-state index contributed by atoms with van der Waals surface area (Å²) in [6, 6.07) is 0. The van der Waals surface area contributed by atoms with Crippen LogP contribution in [0.1, 0.15) is 11.0 Å². The summed E-state index contributed by atoms with van der Waals surface area (Å²) in [5.41, 5.74) is 1.29. The van der Waals surface area contributed by atoms with Crippen LogP contribution in [0.3, 0.4) is 0 Å². The van der Waals surface area contributed by atoms with Gasteiger partial charge in [0.25, 0.3) is 0 Å². The zero-order chi connectivity index (χ0) is 6.15. The van der Waals surface area contributed by atoms with Crippen LogP contribution < -0.4 is 5.10 Å². The molecule has 0 atom stereocenters. The smallest absolute Gasteiger partial charge is 0.142 e. The van der Waals surface area contributed by atoms with Gasteiger partial charge >= 0.3 is 0 Å². The molecule has 0 saturated carbocycles. The van der Waals surface area contributed by atoms with Crippen LogP contribution in [0.4, 0.5) is 0 Å². The largest absolute Gasteiger partial charge is 0.209 e. The average molecular weight is 129 g/mol. The highest BCUT2D eigenvalue weighted by molar-refractivity contribution is 7.26. The Balaban J connectivity index is 3.14. The topological polar surface area (TPSA) is 19.1 Å². The Morgan fingerprint density at radius 1 is 1.50 bits per heavy atom. The van der Waals surface area contributed by atoms with E-state index in [0.29, 0.717) is 0 Å². The van der Waals surface area contributed by atoms with Crippen molar-refractivity contribution in [2.75, 3.05) is 0 Å². The number of aryl methyl sites for hydroxylation is 3. The molecule has 0 aliphatic heterocycles. The number of hydrogen-bond acceptors (Lipinski definition) is 0. The fourth-order valence-corrected chi connectivity index (χ4v) is 1.50. The van der Waals surface area contributed by atoms with E-state index >= 15 is 0 Å². The van der Waals surface area contributed by atoms with Crippen molar-refractivity contribution in [2.24, 2.45) is 7.05 Å². The van der Waals surface area contributed by atoms with Gasteiger partial charge in [-0.25, -0.2) is 0 Å². The number of H-pyrrole nitrogens is 1. The van der Waals surface area contributed by atoms with Crippen molar-refractivity contribution < 1.29 is 5.10 Å². The first-order chi connectivity index (χ1) is 3.70. The molecule has 0 aliphatic carbocycles. The second-order valence-electron chi connectivity index (χ2n) is 1.95. The van der Waals surface area contributed by atoms with Crippen LogP contribution in [0.2, 0.25) is 0 Å². The van der Waals surface area contributed by atoms with Gasteiger partial charge in [0.2, 0.25) is 5.69 Å². The zero-order valence-electron chi connectivity index (χ0n) is 5.39. The molecule has 0 fully saturated rings. The van der Waals surface area contributed by atoms with Crippen molar-refractivity contribution in [3.8, 4) is 0 Å². The highest BCUT2D eigenvalue weighted by atomic mass is 31.0. The second-order valence-corrected chi connectivity index (χ2v) is 3.42. The van der Waals surface area contributed by atoms with E-state index in [1.54, 1.807) is 0 Å².